The van der Waals surface area contributed by atoms with E-state index in [1.165, 1.54) is 42.5 Å². The van der Waals surface area contributed by atoms with Crippen LogP contribution in [0.25, 0.3) is 0 Å². The van der Waals surface area contributed by atoms with Gasteiger partial charge in [-0.2, -0.15) is 0 Å². The molecule has 3 rings (SSSR count). The van der Waals surface area contributed by atoms with Gasteiger partial charge in [0.25, 0.3) is 5.91 Å². The van der Waals surface area contributed by atoms with Crippen LogP contribution in [0.1, 0.15) is 22.3 Å². The van der Waals surface area contributed by atoms with Crippen LogP contribution in [0.3, 0.4) is 0 Å². The summed E-state index contributed by atoms with van der Waals surface area (Å²) in [6, 6.07) is 8.60. The van der Waals surface area contributed by atoms with Gasteiger partial charge in [0.05, 0.1) is 13.2 Å². The number of piperidine rings is 1. The fourth-order valence-corrected chi connectivity index (χ4v) is 3.57. The molecule has 2 atom stereocenters. The standard InChI is InChI=1S/C20H21FN2O5/c1-28-17-15(3-2-9-22-17)18(25)23-10-8-16(24)20(12-23,19(26)27)11-13-4-6-14(21)7-5-13/h2-7,9,16,24H,8,10-12H2,1H3,(H,26,27)/t16-,20-/m1/s1. The first kappa shape index (κ1) is 19.8. The number of amides is 1. The summed E-state index contributed by atoms with van der Waals surface area (Å²) in [6.07, 6.45) is 0.431. The van der Waals surface area contributed by atoms with Crippen molar-refractivity contribution in [2.45, 2.75) is 18.9 Å². The summed E-state index contributed by atoms with van der Waals surface area (Å²) in [5.74, 6) is -1.91. The third-order valence-electron chi connectivity index (χ3n) is 5.12. The maximum absolute atomic E-state index is 13.2. The maximum Gasteiger partial charge on any atom is 0.314 e. The van der Waals surface area contributed by atoms with Gasteiger partial charge in [0.2, 0.25) is 5.88 Å². The minimum Gasteiger partial charge on any atom is -0.481 e. The van der Waals surface area contributed by atoms with E-state index in [-0.39, 0.29) is 37.4 Å². The largest absolute Gasteiger partial charge is 0.481 e. The Bertz CT molecular complexity index is 873. The zero-order chi connectivity index (χ0) is 20.3. The summed E-state index contributed by atoms with van der Waals surface area (Å²) in [6.45, 7) is 0.0221. The number of pyridine rings is 1. The van der Waals surface area contributed by atoms with Crippen LogP contribution in [0.15, 0.2) is 42.6 Å². The van der Waals surface area contributed by atoms with E-state index in [1.807, 2.05) is 0 Å². The third kappa shape index (κ3) is 3.68. The SMILES string of the molecule is COc1ncccc1C(=O)N1CC[C@@H](O)[C@](Cc2ccc(F)cc2)(C(=O)O)C1. The molecule has 1 fully saturated rings. The molecule has 2 heterocycles. The molecule has 1 aromatic carbocycles. The molecule has 28 heavy (non-hydrogen) atoms. The number of halogens is 1. The molecule has 0 radical (unpaired) electrons. The minimum absolute atomic E-state index is 0.0300. The Morgan fingerprint density at radius 1 is 1.32 bits per heavy atom. The predicted octanol–water partition coefficient (Wildman–Crippen LogP) is 1.75. The maximum atomic E-state index is 13.2. The van der Waals surface area contributed by atoms with E-state index in [9.17, 15) is 24.2 Å². The average Bonchev–Trinajstić information content (AvgIpc) is 2.70. The van der Waals surface area contributed by atoms with Crippen molar-refractivity contribution in [1.29, 1.82) is 0 Å². The highest BCUT2D eigenvalue weighted by molar-refractivity contribution is 5.96. The van der Waals surface area contributed by atoms with Crippen LogP contribution in [0.2, 0.25) is 0 Å². The number of aromatic nitrogens is 1. The van der Waals surface area contributed by atoms with Gasteiger partial charge in [0.1, 0.15) is 16.8 Å². The number of carbonyl (C=O) groups is 2. The minimum atomic E-state index is -1.60. The summed E-state index contributed by atoms with van der Waals surface area (Å²) >= 11 is 0. The topological polar surface area (TPSA) is 100.0 Å². The average molecular weight is 388 g/mol. The number of aliphatic hydroxyl groups is 1. The molecule has 2 aromatic rings. The van der Waals surface area contributed by atoms with Gasteiger partial charge in [-0.05, 0) is 42.7 Å². The number of carboxylic acid groups (broad SMARTS) is 1. The lowest BCUT2D eigenvalue weighted by Gasteiger charge is -2.43. The summed E-state index contributed by atoms with van der Waals surface area (Å²) in [4.78, 5) is 30.5. The fraction of sp³-hybridized carbons (Fsp3) is 0.350. The van der Waals surface area contributed by atoms with E-state index in [2.05, 4.69) is 4.98 Å². The summed E-state index contributed by atoms with van der Waals surface area (Å²) in [5.41, 5.74) is -0.806. The Morgan fingerprint density at radius 3 is 2.68 bits per heavy atom. The lowest BCUT2D eigenvalue weighted by Crippen LogP contribution is -2.58. The summed E-state index contributed by atoms with van der Waals surface area (Å²) in [7, 11) is 1.40. The number of ether oxygens (including phenoxy) is 1. The van der Waals surface area contributed by atoms with Gasteiger partial charge in [-0.3, -0.25) is 9.59 Å². The molecule has 0 spiro atoms. The Morgan fingerprint density at radius 2 is 2.04 bits per heavy atom. The van der Waals surface area contributed by atoms with Crippen molar-refractivity contribution in [3.63, 3.8) is 0 Å². The number of aliphatic hydroxyl groups excluding tert-OH is 1. The molecule has 2 N–H and O–H groups in total. The van der Waals surface area contributed by atoms with Crippen molar-refractivity contribution in [2.24, 2.45) is 5.41 Å². The Balaban J connectivity index is 1.91. The molecule has 1 aliphatic heterocycles. The van der Waals surface area contributed by atoms with Crippen molar-refractivity contribution in [3.05, 3.63) is 59.5 Å². The van der Waals surface area contributed by atoms with Crippen molar-refractivity contribution in [3.8, 4) is 5.88 Å². The Labute approximate surface area is 161 Å². The number of aliphatic carboxylic acids is 1. The van der Waals surface area contributed by atoms with Crippen LogP contribution in [-0.4, -0.2) is 58.3 Å². The molecule has 8 heteroatoms. The highest BCUT2D eigenvalue weighted by Gasteiger charge is 2.50. The second-order valence-corrected chi connectivity index (χ2v) is 6.86. The van der Waals surface area contributed by atoms with Crippen LogP contribution in [-0.2, 0) is 11.2 Å². The molecule has 0 unspecified atom stereocenters. The quantitative estimate of drug-likeness (QED) is 0.810. The van der Waals surface area contributed by atoms with E-state index in [0.29, 0.717) is 5.56 Å². The molecular formula is C20H21FN2O5. The molecule has 1 aliphatic rings. The molecular weight excluding hydrogens is 367 g/mol. The van der Waals surface area contributed by atoms with Gasteiger partial charge in [-0.15, -0.1) is 0 Å². The van der Waals surface area contributed by atoms with E-state index in [4.69, 9.17) is 4.74 Å². The summed E-state index contributed by atoms with van der Waals surface area (Å²) in [5, 5.41) is 20.5. The first-order chi connectivity index (χ1) is 13.4. The van der Waals surface area contributed by atoms with Crippen LogP contribution in [0.5, 0.6) is 5.88 Å². The number of nitrogens with zero attached hydrogens (tertiary/aromatic N) is 2. The lowest BCUT2D eigenvalue weighted by atomic mass is 9.72. The molecule has 0 aliphatic carbocycles. The molecule has 148 valence electrons. The normalized spacial score (nSPS) is 22.0. The zero-order valence-electron chi connectivity index (χ0n) is 15.3. The zero-order valence-corrected chi connectivity index (χ0v) is 15.3. The van der Waals surface area contributed by atoms with Crippen molar-refractivity contribution in [2.75, 3.05) is 20.2 Å². The first-order valence-corrected chi connectivity index (χ1v) is 8.81. The predicted molar refractivity (Wildman–Crippen MR) is 97.5 cm³/mol. The van der Waals surface area contributed by atoms with Crippen molar-refractivity contribution in [1.82, 2.24) is 9.88 Å². The molecule has 1 aromatic heterocycles. The van der Waals surface area contributed by atoms with Crippen LogP contribution >= 0.6 is 0 Å². The van der Waals surface area contributed by atoms with Crippen LogP contribution in [0.4, 0.5) is 4.39 Å². The van der Waals surface area contributed by atoms with Gasteiger partial charge in [-0.1, -0.05) is 12.1 Å². The number of likely N-dealkylation sites (tertiary alicyclic amines) is 1. The molecule has 0 saturated carbocycles. The van der Waals surface area contributed by atoms with Gasteiger partial charge in [0.15, 0.2) is 0 Å². The van der Waals surface area contributed by atoms with Crippen LogP contribution in [0, 0.1) is 11.2 Å². The summed E-state index contributed by atoms with van der Waals surface area (Å²) < 4.78 is 18.3. The van der Waals surface area contributed by atoms with Crippen LogP contribution < -0.4 is 4.74 Å². The Hall–Kier alpha value is -3.00. The van der Waals surface area contributed by atoms with E-state index in [0.717, 1.165) is 0 Å². The van der Waals surface area contributed by atoms with Crippen molar-refractivity contribution < 1.29 is 28.9 Å². The number of rotatable bonds is 5. The lowest BCUT2D eigenvalue weighted by molar-refractivity contribution is -0.161. The van der Waals surface area contributed by atoms with E-state index >= 15 is 0 Å². The number of carbonyl (C=O) groups excluding carboxylic acids is 1. The number of methoxy groups -OCH3 is 1. The Kier molecular flexibility index (Phi) is 5.60. The number of benzene rings is 1. The molecule has 1 saturated heterocycles. The monoisotopic (exact) mass is 388 g/mol. The fourth-order valence-electron chi connectivity index (χ4n) is 3.57. The number of carboxylic acids is 1. The third-order valence-corrected chi connectivity index (χ3v) is 5.12. The smallest absolute Gasteiger partial charge is 0.314 e. The van der Waals surface area contributed by atoms with E-state index in [1.54, 1.807) is 12.1 Å². The second kappa shape index (κ2) is 7.93. The van der Waals surface area contributed by atoms with Gasteiger partial charge < -0.3 is 19.8 Å². The molecule has 7 nitrogen and oxygen atoms in total. The van der Waals surface area contributed by atoms with Crippen molar-refractivity contribution >= 4 is 11.9 Å². The van der Waals surface area contributed by atoms with Gasteiger partial charge >= 0.3 is 5.97 Å². The molecule has 1 amide bonds. The van der Waals surface area contributed by atoms with E-state index < -0.39 is 29.2 Å². The number of hydrogen-bond donors (Lipinski definition) is 2. The van der Waals surface area contributed by atoms with Gasteiger partial charge in [-0.25, -0.2) is 9.37 Å². The number of hydrogen-bond acceptors (Lipinski definition) is 5. The first-order valence-electron chi connectivity index (χ1n) is 8.81. The van der Waals surface area contributed by atoms with Gasteiger partial charge in [0, 0.05) is 19.3 Å². The highest BCUT2D eigenvalue weighted by Crippen LogP contribution is 2.36. The molecule has 0 bridgehead atoms. The highest BCUT2D eigenvalue weighted by atomic mass is 19.1. The second-order valence-electron chi connectivity index (χ2n) is 6.86.